The number of piperidine rings is 2. The second kappa shape index (κ2) is 14.9. The third kappa shape index (κ3) is 9.51. The van der Waals surface area contributed by atoms with E-state index in [0.717, 1.165) is 73.1 Å². The summed E-state index contributed by atoms with van der Waals surface area (Å²) in [6.07, 6.45) is 4.00. The van der Waals surface area contributed by atoms with Crippen molar-refractivity contribution < 1.29 is 25.7 Å². The van der Waals surface area contributed by atoms with E-state index in [1.807, 2.05) is 24.3 Å². The zero-order valence-electron chi connectivity index (χ0n) is 32.9. The van der Waals surface area contributed by atoms with Crippen molar-refractivity contribution in [1.82, 2.24) is 9.80 Å². The van der Waals surface area contributed by atoms with E-state index in [4.69, 9.17) is 8.85 Å². The second-order valence-corrected chi connectivity index (χ2v) is 30.7. The van der Waals surface area contributed by atoms with Crippen LogP contribution in [0.25, 0.3) is 0 Å². The molecule has 2 fully saturated rings. The van der Waals surface area contributed by atoms with Crippen LogP contribution in [-0.2, 0) is 20.0 Å². The predicted octanol–water partition coefficient (Wildman–Crippen LogP) is 7.98. The van der Waals surface area contributed by atoms with E-state index in [9.17, 15) is 16.8 Å². The number of rotatable bonds is 6. The van der Waals surface area contributed by atoms with E-state index in [-0.39, 0.29) is 33.4 Å². The molecule has 2 saturated heterocycles. The summed E-state index contributed by atoms with van der Waals surface area (Å²) >= 11 is 0. The molecule has 0 radical (unpaired) electrons. The van der Waals surface area contributed by atoms with Gasteiger partial charge in [0, 0.05) is 38.0 Å². The standard InChI is InChI=1S/2C19H30N2O3SSi/c2*1-19(2,3)26(4,5)24-16-10-8-15(9-11-16)17-7-6-12-21-13-14-25(22,23)20-18(17)21/h2*8-11,17H,6-7,12-14H2,1-5H3/t17-;/m1./s1. The minimum Gasteiger partial charge on any atom is -0.544 e. The topological polar surface area (TPSA) is 118 Å². The van der Waals surface area contributed by atoms with Crippen molar-refractivity contribution in [3.05, 3.63) is 59.7 Å². The Morgan fingerprint density at radius 3 is 1.21 bits per heavy atom. The highest BCUT2D eigenvalue weighted by molar-refractivity contribution is 7.90. The van der Waals surface area contributed by atoms with Crippen LogP contribution in [0.3, 0.4) is 0 Å². The molecule has 10 nitrogen and oxygen atoms in total. The molecule has 0 saturated carbocycles. The molecule has 2 atom stereocenters. The number of hydrogen-bond donors (Lipinski definition) is 0. The molecule has 2 aromatic rings. The van der Waals surface area contributed by atoms with Crippen molar-refractivity contribution in [2.75, 3.05) is 37.7 Å². The van der Waals surface area contributed by atoms with E-state index in [1.54, 1.807) is 0 Å². The fraction of sp³-hybridized carbons (Fsp3) is 0.632. The molecule has 0 aliphatic carbocycles. The first-order valence-corrected chi connectivity index (χ1v) is 27.7. The van der Waals surface area contributed by atoms with Crippen LogP contribution in [0.15, 0.2) is 57.3 Å². The Hall–Kier alpha value is -2.69. The van der Waals surface area contributed by atoms with Crippen LogP contribution in [0.5, 0.6) is 11.5 Å². The van der Waals surface area contributed by atoms with Crippen LogP contribution < -0.4 is 8.85 Å². The molecule has 0 N–H and O–H groups in total. The smallest absolute Gasteiger partial charge is 0.256 e. The monoisotopic (exact) mass is 788 g/mol. The van der Waals surface area contributed by atoms with Crippen LogP contribution in [0.1, 0.15) is 90.2 Å². The van der Waals surface area contributed by atoms with Gasteiger partial charge in [-0.15, -0.1) is 8.80 Å². The van der Waals surface area contributed by atoms with Crippen LogP contribution >= 0.6 is 0 Å². The van der Waals surface area contributed by atoms with Gasteiger partial charge in [-0.3, -0.25) is 0 Å². The maximum absolute atomic E-state index is 12.0. The van der Waals surface area contributed by atoms with Gasteiger partial charge in [-0.05, 0) is 97.3 Å². The Morgan fingerprint density at radius 2 is 0.904 bits per heavy atom. The minimum absolute atomic E-state index is 0.0562. The third-order valence-corrected chi connectivity index (χ3v) is 22.8. The molecule has 6 rings (SSSR count). The van der Waals surface area contributed by atoms with Crippen molar-refractivity contribution in [2.24, 2.45) is 8.80 Å². The molecular formula is C38H60N4O6S2Si2. The molecule has 0 amide bonds. The maximum atomic E-state index is 12.0. The Kier molecular flexibility index (Phi) is 11.6. The van der Waals surface area contributed by atoms with E-state index >= 15 is 0 Å². The zero-order valence-corrected chi connectivity index (χ0v) is 36.5. The molecule has 4 aliphatic rings. The van der Waals surface area contributed by atoms with Gasteiger partial charge in [0.1, 0.15) is 23.2 Å². The second-order valence-electron chi connectivity index (χ2n) is 17.7. The summed E-state index contributed by atoms with van der Waals surface area (Å²) in [6, 6.07) is 16.4. The minimum atomic E-state index is -3.32. The van der Waals surface area contributed by atoms with E-state index in [1.165, 1.54) is 0 Å². The highest BCUT2D eigenvalue weighted by atomic mass is 32.2. The van der Waals surface area contributed by atoms with Gasteiger partial charge in [-0.2, -0.15) is 0 Å². The lowest BCUT2D eigenvalue weighted by atomic mass is 9.89. The molecule has 14 heteroatoms. The highest BCUT2D eigenvalue weighted by Crippen LogP contribution is 2.40. The lowest BCUT2D eigenvalue weighted by molar-refractivity contribution is 0.366. The van der Waals surface area contributed by atoms with Gasteiger partial charge >= 0.3 is 0 Å². The molecular weight excluding hydrogens is 729 g/mol. The van der Waals surface area contributed by atoms with Crippen molar-refractivity contribution in [3.8, 4) is 11.5 Å². The van der Waals surface area contributed by atoms with Crippen molar-refractivity contribution in [3.63, 3.8) is 0 Å². The SMILES string of the molecule is CC(C)(C)[Si](C)(C)Oc1ccc(C2CCCN3CCS(=O)(=O)N=C23)cc1.CC(C)(C)[Si](C)(C)Oc1ccc([C@H]2CCCN3CCS(=O)(=O)N=C23)cc1. The number of sulfonamides is 2. The van der Waals surface area contributed by atoms with Crippen LogP contribution in [-0.4, -0.2) is 92.6 Å². The summed E-state index contributed by atoms with van der Waals surface area (Å²) in [6.45, 7) is 25.2. The lowest BCUT2D eigenvalue weighted by Gasteiger charge is -2.38. The Balaban J connectivity index is 0.000000201. The van der Waals surface area contributed by atoms with Gasteiger partial charge in [0.05, 0.1) is 11.5 Å². The molecule has 0 spiro atoms. The van der Waals surface area contributed by atoms with Gasteiger partial charge in [-0.25, -0.2) is 16.8 Å². The Morgan fingerprint density at radius 1 is 0.577 bits per heavy atom. The van der Waals surface area contributed by atoms with Crippen molar-refractivity contribution >= 4 is 48.4 Å². The molecule has 1 unspecified atom stereocenters. The van der Waals surface area contributed by atoms with Crippen molar-refractivity contribution in [1.29, 1.82) is 0 Å². The number of amidine groups is 2. The number of nitrogens with zero attached hydrogens (tertiary/aromatic N) is 4. The summed E-state index contributed by atoms with van der Waals surface area (Å²) < 4.78 is 68.7. The van der Waals surface area contributed by atoms with Gasteiger partial charge < -0.3 is 18.7 Å². The van der Waals surface area contributed by atoms with Crippen LogP contribution in [0.4, 0.5) is 0 Å². The summed E-state index contributed by atoms with van der Waals surface area (Å²) in [5, 5.41) is 0.307. The largest absolute Gasteiger partial charge is 0.544 e. The van der Waals surface area contributed by atoms with Crippen LogP contribution in [0, 0.1) is 0 Å². The van der Waals surface area contributed by atoms with E-state index in [2.05, 4.69) is 111 Å². The molecule has 0 bridgehead atoms. The summed E-state index contributed by atoms with van der Waals surface area (Å²) in [5.74, 6) is 3.60. The predicted molar refractivity (Wildman–Crippen MR) is 218 cm³/mol. The first-order chi connectivity index (χ1) is 24.0. The molecule has 0 aromatic heterocycles. The number of benzene rings is 2. The average Bonchev–Trinajstić information content (AvgIpc) is 3.03. The Labute approximate surface area is 315 Å². The summed E-state index contributed by atoms with van der Waals surface area (Å²) in [4.78, 5) is 4.27. The molecule has 2 aromatic carbocycles. The fourth-order valence-corrected chi connectivity index (χ4v) is 10.7. The van der Waals surface area contributed by atoms with Gasteiger partial charge in [0.2, 0.25) is 16.6 Å². The highest BCUT2D eigenvalue weighted by Gasteiger charge is 2.40. The van der Waals surface area contributed by atoms with E-state index < -0.39 is 36.7 Å². The first-order valence-electron chi connectivity index (χ1n) is 18.7. The quantitative estimate of drug-likeness (QED) is 0.271. The van der Waals surface area contributed by atoms with Gasteiger partial charge in [-0.1, -0.05) is 65.8 Å². The fourth-order valence-electron chi connectivity index (χ4n) is 6.49. The van der Waals surface area contributed by atoms with Gasteiger partial charge in [0.15, 0.2) is 0 Å². The van der Waals surface area contributed by atoms with Crippen LogP contribution in [0.2, 0.25) is 36.3 Å². The molecule has 52 heavy (non-hydrogen) atoms. The lowest BCUT2D eigenvalue weighted by Crippen LogP contribution is -2.46. The normalized spacial score (nSPS) is 23.2. The average molecular weight is 789 g/mol. The third-order valence-electron chi connectivity index (χ3n) is 11.7. The summed E-state index contributed by atoms with van der Waals surface area (Å²) in [5.41, 5.74) is 2.24. The number of hydrogen-bond acceptors (Lipinski definition) is 8. The molecule has 4 heterocycles. The first kappa shape index (κ1) is 40.5. The van der Waals surface area contributed by atoms with Gasteiger partial charge in [0.25, 0.3) is 20.0 Å². The maximum Gasteiger partial charge on any atom is 0.256 e. The molecule has 4 aliphatic heterocycles. The molecule has 288 valence electrons. The Bertz CT molecular complexity index is 1730. The zero-order chi connectivity index (χ0) is 38.3. The van der Waals surface area contributed by atoms with Crippen molar-refractivity contribution in [2.45, 2.75) is 115 Å². The van der Waals surface area contributed by atoms with E-state index in [0.29, 0.717) is 13.1 Å². The number of fused-ring (bicyclic) bond motifs is 2. The summed E-state index contributed by atoms with van der Waals surface area (Å²) in [7, 11) is -10.4.